The fraction of sp³-hybridized carbons (Fsp3) is 0.214. The zero-order valence-corrected chi connectivity index (χ0v) is 10.6. The Morgan fingerprint density at radius 2 is 2.06 bits per heavy atom. The summed E-state index contributed by atoms with van der Waals surface area (Å²) in [5.41, 5.74) is 3.65. The van der Waals surface area contributed by atoms with Gasteiger partial charge in [-0.1, -0.05) is 5.57 Å². The van der Waals surface area contributed by atoms with Crippen LogP contribution in [-0.4, -0.2) is 4.98 Å². The number of hydrogen-bond donors (Lipinski definition) is 0. The summed E-state index contributed by atoms with van der Waals surface area (Å²) >= 11 is 1.82. The Balaban J connectivity index is 2.35. The molecule has 0 N–H and O–H groups in total. The van der Waals surface area contributed by atoms with Crippen LogP contribution < -0.4 is 0 Å². The van der Waals surface area contributed by atoms with Crippen molar-refractivity contribution in [2.45, 2.75) is 20.8 Å². The highest BCUT2D eigenvalue weighted by molar-refractivity contribution is 7.16. The van der Waals surface area contributed by atoms with Gasteiger partial charge in [0.2, 0.25) is 0 Å². The predicted molar refractivity (Wildman–Crippen MR) is 71.6 cm³/mol. The van der Waals surface area contributed by atoms with E-state index in [1.165, 1.54) is 20.9 Å². The van der Waals surface area contributed by atoms with Crippen LogP contribution in [0.3, 0.4) is 0 Å². The molecule has 2 aromatic rings. The number of hydrogen-bond acceptors (Lipinski definition) is 2. The van der Waals surface area contributed by atoms with Crippen molar-refractivity contribution in [1.82, 2.24) is 4.98 Å². The lowest BCUT2D eigenvalue weighted by Gasteiger charge is -1.97. The van der Waals surface area contributed by atoms with Gasteiger partial charge in [0.15, 0.2) is 0 Å². The molecule has 0 spiro atoms. The highest BCUT2D eigenvalue weighted by atomic mass is 32.1. The van der Waals surface area contributed by atoms with Crippen molar-refractivity contribution in [3.63, 3.8) is 0 Å². The van der Waals surface area contributed by atoms with Gasteiger partial charge in [0.25, 0.3) is 0 Å². The number of allylic oxidation sites excluding steroid dienone is 1. The highest BCUT2D eigenvalue weighted by Crippen LogP contribution is 2.29. The minimum atomic E-state index is 1.06. The number of nitrogens with zero attached hydrogens (tertiary/aromatic N) is 1. The lowest BCUT2D eigenvalue weighted by molar-refractivity contribution is 1.20. The van der Waals surface area contributed by atoms with Gasteiger partial charge >= 0.3 is 0 Å². The van der Waals surface area contributed by atoms with Crippen molar-refractivity contribution in [3.05, 3.63) is 46.6 Å². The van der Waals surface area contributed by atoms with E-state index in [4.69, 9.17) is 0 Å². The first-order chi connectivity index (χ1) is 7.65. The molecule has 0 fully saturated rings. The third-order valence-electron chi connectivity index (χ3n) is 2.24. The Bertz CT molecular complexity index is 519. The van der Waals surface area contributed by atoms with Crippen molar-refractivity contribution in [2.24, 2.45) is 0 Å². The van der Waals surface area contributed by atoms with Crippen LogP contribution in [0.2, 0.25) is 0 Å². The maximum absolute atomic E-state index is 4.21. The van der Waals surface area contributed by atoms with Gasteiger partial charge in [-0.05, 0) is 56.7 Å². The van der Waals surface area contributed by atoms with E-state index in [0.29, 0.717) is 0 Å². The molecular formula is C14H15NS. The van der Waals surface area contributed by atoms with E-state index in [0.717, 1.165) is 5.69 Å². The summed E-state index contributed by atoms with van der Waals surface area (Å²) in [6, 6.07) is 8.53. The summed E-state index contributed by atoms with van der Waals surface area (Å²) < 4.78 is 0. The Morgan fingerprint density at radius 3 is 2.75 bits per heavy atom. The second kappa shape index (κ2) is 4.62. The smallest absolute Gasteiger partial charge is 0.0379 e. The molecule has 2 aromatic heterocycles. The minimum absolute atomic E-state index is 1.06. The zero-order chi connectivity index (χ0) is 11.5. The summed E-state index contributed by atoms with van der Waals surface area (Å²) in [6.07, 6.45) is 4.08. The Morgan fingerprint density at radius 1 is 1.25 bits per heavy atom. The van der Waals surface area contributed by atoms with E-state index in [1.54, 1.807) is 0 Å². The van der Waals surface area contributed by atoms with Crippen LogP contribution in [0.25, 0.3) is 16.5 Å². The van der Waals surface area contributed by atoms with Crippen LogP contribution in [0.1, 0.15) is 24.4 Å². The summed E-state index contributed by atoms with van der Waals surface area (Å²) in [7, 11) is 0. The minimum Gasteiger partial charge on any atom is -0.262 e. The summed E-state index contributed by atoms with van der Waals surface area (Å²) in [4.78, 5) is 6.83. The molecule has 0 unspecified atom stereocenters. The first kappa shape index (κ1) is 11.1. The van der Waals surface area contributed by atoms with Gasteiger partial charge in [0, 0.05) is 21.6 Å². The van der Waals surface area contributed by atoms with E-state index in [1.807, 2.05) is 24.5 Å². The standard InChI is InChI=1S/C14H15NS/c1-10(2)8-13-4-5-14(16-13)12-6-7-15-11(3)9-12/h4-9H,1-3H3. The molecule has 0 radical (unpaired) electrons. The summed E-state index contributed by atoms with van der Waals surface area (Å²) in [5, 5.41) is 0. The van der Waals surface area contributed by atoms with Gasteiger partial charge in [-0.2, -0.15) is 0 Å². The third kappa shape index (κ3) is 2.58. The average Bonchev–Trinajstić information content (AvgIpc) is 2.65. The molecule has 0 aromatic carbocycles. The van der Waals surface area contributed by atoms with Gasteiger partial charge in [0.05, 0.1) is 0 Å². The van der Waals surface area contributed by atoms with Crippen LogP contribution in [0.5, 0.6) is 0 Å². The molecule has 2 rings (SSSR count). The lowest BCUT2D eigenvalue weighted by atomic mass is 10.2. The van der Waals surface area contributed by atoms with E-state index in [-0.39, 0.29) is 0 Å². The highest BCUT2D eigenvalue weighted by Gasteiger charge is 2.01. The van der Waals surface area contributed by atoms with Crippen molar-refractivity contribution < 1.29 is 0 Å². The van der Waals surface area contributed by atoms with Crippen LogP contribution in [0, 0.1) is 6.92 Å². The molecular weight excluding hydrogens is 214 g/mol. The van der Waals surface area contributed by atoms with Crippen molar-refractivity contribution in [2.75, 3.05) is 0 Å². The number of pyridine rings is 1. The van der Waals surface area contributed by atoms with Crippen molar-refractivity contribution in [3.8, 4) is 10.4 Å². The number of aryl methyl sites for hydroxylation is 1. The normalized spacial score (nSPS) is 10.2. The molecule has 0 aliphatic carbocycles. The SMILES string of the molecule is CC(C)=Cc1ccc(-c2ccnc(C)c2)s1. The molecule has 0 atom stereocenters. The first-order valence-corrected chi connectivity index (χ1v) is 6.14. The van der Waals surface area contributed by atoms with Crippen LogP contribution in [-0.2, 0) is 0 Å². The van der Waals surface area contributed by atoms with E-state index in [9.17, 15) is 0 Å². The van der Waals surface area contributed by atoms with Crippen LogP contribution >= 0.6 is 11.3 Å². The quantitative estimate of drug-likeness (QED) is 0.736. The molecule has 0 saturated carbocycles. The molecule has 0 aliphatic rings. The first-order valence-electron chi connectivity index (χ1n) is 5.33. The zero-order valence-electron chi connectivity index (χ0n) is 9.82. The second-order valence-corrected chi connectivity index (χ2v) is 5.22. The summed E-state index contributed by atoms with van der Waals surface area (Å²) in [5.74, 6) is 0. The Kier molecular flexibility index (Phi) is 3.20. The molecule has 0 saturated heterocycles. The Hall–Kier alpha value is -1.41. The van der Waals surface area contributed by atoms with E-state index >= 15 is 0 Å². The summed E-state index contributed by atoms with van der Waals surface area (Å²) in [6.45, 7) is 6.26. The second-order valence-electron chi connectivity index (χ2n) is 4.11. The molecule has 1 nitrogen and oxygen atoms in total. The lowest BCUT2D eigenvalue weighted by Crippen LogP contribution is -1.79. The molecule has 16 heavy (non-hydrogen) atoms. The van der Waals surface area contributed by atoms with Gasteiger partial charge in [-0.15, -0.1) is 11.3 Å². The van der Waals surface area contributed by atoms with Gasteiger partial charge in [-0.3, -0.25) is 4.98 Å². The van der Waals surface area contributed by atoms with Gasteiger partial charge in [-0.25, -0.2) is 0 Å². The van der Waals surface area contributed by atoms with E-state index < -0.39 is 0 Å². The molecule has 0 amide bonds. The molecule has 0 aliphatic heterocycles. The molecule has 82 valence electrons. The van der Waals surface area contributed by atoms with Gasteiger partial charge in [0.1, 0.15) is 0 Å². The number of thiophene rings is 1. The fourth-order valence-corrected chi connectivity index (χ4v) is 2.63. The number of aromatic nitrogens is 1. The largest absolute Gasteiger partial charge is 0.262 e. The molecule has 0 bridgehead atoms. The van der Waals surface area contributed by atoms with Crippen molar-refractivity contribution in [1.29, 1.82) is 0 Å². The van der Waals surface area contributed by atoms with E-state index in [2.05, 4.69) is 49.2 Å². The van der Waals surface area contributed by atoms with Gasteiger partial charge < -0.3 is 0 Å². The monoisotopic (exact) mass is 229 g/mol. The Labute approximate surface area is 100 Å². The maximum Gasteiger partial charge on any atom is 0.0379 e. The van der Waals surface area contributed by atoms with Crippen LogP contribution in [0.15, 0.2) is 36.0 Å². The van der Waals surface area contributed by atoms with Crippen molar-refractivity contribution >= 4 is 17.4 Å². The topological polar surface area (TPSA) is 12.9 Å². The fourth-order valence-electron chi connectivity index (χ4n) is 1.57. The maximum atomic E-state index is 4.21. The predicted octanol–water partition coefficient (Wildman–Crippen LogP) is 4.54. The molecule has 2 heteroatoms. The third-order valence-corrected chi connectivity index (χ3v) is 3.32. The molecule has 2 heterocycles. The number of rotatable bonds is 2. The average molecular weight is 229 g/mol. The van der Waals surface area contributed by atoms with Crippen LogP contribution in [0.4, 0.5) is 0 Å².